The molecule has 2 heterocycles. The summed E-state index contributed by atoms with van der Waals surface area (Å²) in [5.74, 6) is -0.807. The minimum Gasteiger partial charge on any atom is -0.442 e. The number of anilines is 2. The van der Waals surface area contributed by atoms with Gasteiger partial charge in [-0.15, -0.1) is 0 Å². The summed E-state index contributed by atoms with van der Waals surface area (Å²) in [6.45, 7) is 3.64. The average Bonchev–Trinajstić information content (AvgIpc) is 3.02. The number of carbonyl (C=O) groups is 3. The topological polar surface area (TPSA) is 94.2 Å². The predicted octanol–water partition coefficient (Wildman–Crippen LogP) is 1.75. The summed E-state index contributed by atoms with van der Waals surface area (Å²) < 4.78 is 20.3. The third-order valence-electron chi connectivity index (χ3n) is 5.58. The van der Waals surface area contributed by atoms with Crippen LogP contribution in [0.3, 0.4) is 0 Å². The number of nitrogens with zero attached hydrogens (tertiary/aromatic N) is 3. The number of ether oxygens (including phenoxy) is 1. The van der Waals surface area contributed by atoms with Gasteiger partial charge >= 0.3 is 6.09 Å². The van der Waals surface area contributed by atoms with Gasteiger partial charge in [-0.25, -0.2) is 14.6 Å². The van der Waals surface area contributed by atoms with E-state index in [1.807, 2.05) is 23.1 Å². The molecule has 0 saturated carbocycles. The van der Waals surface area contributed by atoms with Gasteiger partial charge in [0, 0.05) is 32.1 Å². The molecule has 4 rings (SSSR count). The lowest BCUT2D eigenvalue weighted by atomic mass is 10.2. The van der Waals surface area contributed by atoms with E-state index in [1.54, 1.807) is 29.3 Å². The minimum atomic E-state index is -0.577. The summed E-state index contributed by atoms with van der Waals surface area (Å²) in [6, 6.07) is 13.6. The predicted molar refractivity (Wildman–Crippen MR) is 120 cm³/mol. The molecule has 0 aliphatic carbocycles. The van der Waals surface area contributed by atoms with Crippen LogP contribution in [0.1, 0.15) is 17.3 Å². The molecule has 2 aliphatic rings. The molecule has 2 aromatic carbocycles. The van der Waals surface area contributed by atoms with Crippen LogP contribution in [0.5, 0.6) is 0 Å². The van der Waals surface area contributed by atoms with E-state index in [4.69, 9.17) is 4.74 Å². The Labute approximate surface area is 191 Å². The largest absolute Gasteiger partial charge is 0.442 e. The van der Waals surface area contributed by atoms with Crippen molar-refractivity contribution in [3.8, 4) is 0 Å². The fourth-order valence-electron chi connectivity index (χ4n) is 3.90. The summed E-state index contributed by atoms with van der Waals surface area (Å²) in [5.41, 5.74) is 4.48. The molecule has 0 bridgehead atoms. The van der Waals surface area contributed by atoms with E-state index in [1.165, 1.54) is 17.9 Å². The molecule has 33 heavy (non-hydrogen) atoms. The van der Waals surface area contributed by atoms with Gasteiger partial charge in [0.2, 0.25) is 5.91 Å². The minimum absolute atomic E-state index is 0.130. The Morgan fingerprint density at radius 2 is 1.94 bits per heavy atom. The van der Waals surface area contributed by atoms with E-state index in [0.717, 1.165) is 0 Å². The second kappa shape index (κ2) is 9.86. The Balaban J connectivity index is 1.40. The maximum atomic E-state index is 15.0. The molecule has 0 aromatic heterocycles. The van der Waals surface area contributed by atoms with Crippen molar-refractivity contribution in [2.75, 3.05) is 49.1 Å². The number of rotatable bonds is 5. The third-order valence-corrected chi connectivity index (χ3v) is 5.58. The van der Waals surface area contributed by atoms with E-state index in [2.05, 4.69) is 10.7 Å². The molecule has 0 spiro atoms. The number of benzene rings is 2. The van der Waals surface area contributed by atoms with Gasteiger partial charge in [-0.05, 0) is 30.3 Å². The van der Waals surface area contributed by atoms with Crippen LogP contribution in [-0.2, 0) is 9.53 Å². The highest BCUT2D eigenvalue weighted by Gasteiger charge is 2.33. The van der Waals surface area contributed by atoms with Crippen LogP contribution < -0.4 is 20.5 Å². The zero-order valence-electron chi connectivity index (χ0n) is 18.3. The lowest BCUT2D eigenvalue weighted by Crippen LogP contribution is -2.43. The van der Waals surface area contributed by atoms with Crippen molar-refractivity contribution in [1.82, 2.24) is 15.8 Å². The molecule has 1 atom stereocenters. The van der Waals surface area contributed by atoms with Gasteiger partial charge in [0.25, 0.3) is 5.91 Å². The fourth-order valence-corrected chi connectivity index (χ4v) is 3.90. The van der Waals surface area contributed by atoms with E-state index in [9.17, 15) is 14.4 Å². The Morgan fingerprint density at radius 3 is 2.67 bits per heavy atom. The van der Waals surface area contributed by atoms with E-state index in [0.29, 0.717) is 43.1 Å². The van der Waals surface area contributed by atoms with Gasteiger partial charge in [-0.3, -0.25) is 19.5 Å². The van der Waals surface area contributed by atoms with Crippen molar-refractivity contribution in [3.63, 3.8) is 0 Å². The van der Waals surface area contributed by atoms with Crippen molar-refractivity contribution in [2.24, 2.45) is 0 Å². The second-order valence-electron chi connectivity index (χ2n) is 7.91. The van der Waals surface area contributed by atoms with Gasteiger partial charge in [-0.2, -0.15) is 0 Å². The molecule has 174 valence electrons. The highest BCUT2D eigenvalue weighted by molar-refractivity contribution is 5.94. The smallest absolute Gasteiger partial charge is 0.414 e. The maximum Gasteiger partial charge on any atom is 0.414 e. The normalized spacial score (nSPS) is 18.7. The van der Waals surface area contributed by atoms with Crippen LogP contribution >= 0.6 is 0 Å². The fraction of sp³-hybridized carbons (Fsp3) is 0.348. The number of nitrogens with one attached hydrogen (secondary N) is 2. The first kappa shape index (κ1) is 22.5. The third kappa shape index (κ3) is 5.23. The Kier molecular flexibility index (Phi) is 6.74. The van der Waals surface area contributed by atoms with Gasteiger partial charge in [0.1, 0.15) is 11.9 Å². The van der Waals surface area contributed by atoms with E-state index < -0.39 is 18.0 Å². The molecule has 2 N–H and O–H groups in total. The van der Waals surface area contributed by atoms with Crippen molar-refractivity contribution >= 4 is 29.3 Å². The molecule has 2 aromatic rings. The zero-order chi connectivity index (χ0) is 23.4. The zero-order valence-corrected chi connectivity index (χ0v) is 18.3. The number of hydrogen-bond donors (Lipinski definition) is 2. The van der Waals surface area contributed by atoms with Crippen LogP contribution in [0, 0.1) is 5.82 Å². The van der Waals surface area contributed by atoms with Gasteiger partial charge in [0.05, 0.1) is 31.0 Å². The number of hydrogen-bond acceptors (Lipinski definition) is 6. The molecule has 0 radical (unpaired) electrons. The molecule has 9 nitrogen and oxygen atoms in total. The lowest BCUT2D eigenvalue weighted by Gasteiger charge is -2.24. The van der Waals surface area contributed by atoms with Crippen molar-refractivity contribution < 1.29 is 23.5 Å². The summed E-state index contributed by atoms with van der Waals surface area (Å²) >= 11 is 0. The van der Waals surface area contributed by atoms with Crippen LogP contribution in [0.15, 0.2) is 48.5 Å². The summed E-state index contributed by atoms with van der Waals surface area (Å²) in [6.07, 6.45) is -1.07. The van der Waals surface area contributed by atoms with Crippen molar-refractivity contribution in [2.45, 2.75) is 13.0 Å². The SMILES string of the molecule is CC(=O)NC[C@H]1CN(c2ccc(N3CCNN(C(=O)c4ccccc4)CC3)c(F)c2)C(=O)O1. The first-order valence-electron chi connectivity index (χ1n) is 10.8. The first-order chi connectivity index (χ1) is 15.9. The van der Waals surface area contributed by atoms with Crippen LogP contribution in [-0.4, -0.2) is 68.3 Å². The molecule has 10 heteroatoms. The van der Waals surface area contributed by atoms with E-state index >= 15 is 4.39 Å². The molecule has 2 aliphatic heterocycles. The summed E-state index contributed by atoms with van der Waals surface area (Å²) in [7, 11) is 0. The molecule has 2 fully saturated rings. The summed E-state index contributed by atoms with van der Waals surface area (Å²) in [4.78, 5) is 39.2. The molecule has 0 unspecified atom stereocenters. The van der Waals surface area contributed by atoms with Crippen LogP contribution in [0.2, 0.25) is 0 Å². The molecule has 3 amide bonds. The Morgan fingerprint density at radius 1 is 1.15 bits per heavy atom. The number of carbonyl (C=O) groups excluding carboxylic acids is 3. The maximum absolute atomic E-state index is 15.0. The van der Waals surface area contributed by atoms with Gasteiger partial charge < -0.3 is 15.0 Å². The average molecular weight is 455 g/mol. The quantitative estimate of drug-likeness (QED) is 0.714. The Bertz CT molecular complexity index is 1030. The molecule has 2 saturated heterocycles. The van der Waals surface area contributed by atoms with Crippen LogP contribution in [0.4, 0.5) is 20.6 Å². The lowest BCUT2D eigenvalue weighted by molar-refractivity contribution is -0.119. The standard InChI is InChI=1S/C23H26FN5O4/c1-16(30)25-14-19-15-28(23(32)33-19)18-7-8-21(20(24)13-18)27-10-9-26-29(12-11-27)22(31)17-5-3-2-4-6-17/h2-8,13,19,26H,9-12,14-15H2,1H3,(H,25,30)/t19-/m0/s1. The number of hydrazine groups is 1. The molecular formula is C23H26FN5O4. The number of halogens is 1. The number of cyclic esters (lactones) is 1. The van der Waals surface area contributed by atoms with E-state index in [-0.39, 0.29) is 24.9 Å². The summed E-state index contributed by atoms with van der Waals surface area (Å²) in [5, 5.41) is 4.17. The monoisotopic (exact) mass is 455 g/mol. The first-order valence-corrected chi connectivity index (χ1v) is 10.8. The van der Waals surface area contributed by atoms with Gasteiger partial charge in [-0.1, -0.05) is 18.2 Å². The molecular weight excluding hydrogens is 429 g/mol. The number of amides is 3. The Hall–Kier alpha value is -3.66. The van der Waals surface area contributed by atoms with Crippen molar-refractivity contribution in [3.05, 3.63) is 59.9 Å². The second-order valence-corrected chi connectivity index (χ2v) is 7.91. The van der Waals surface area contributed by atoms with Gasteiger partial charge in [0.15, 0.2) is 0 Å². The van der Waals surface area contributed by atoms with Crippen LogP contribution in [0.25, 0.3) is 0 Å². The highest BCUT2D eigenvalue weighted by Crippen LogP contribution is 2.28. The van der Waals surface area contributed by atoms with Crippen molar-refractivity contribution in [1.29, 1.82) is 0 Å². The highest BCUT2D eigenvalue weighted by atomic mass is 19.1.